The van der Waals surface area contributed by atoms with Crippen molar-refractivity contribution in [3.63, 3.8) is 0 Å². The van der Waals surface area contributed by atoms with Crippen molar-refractivity contribution in [3.05, 3.63) is 59.7 Å². The molecule has 0 saturated carbocycles. The summed E-state index contributed by atoms with van der Waals surface area (Å²) in [6.45, 7) is -0.784. The first-order valence-electron chi connectivity index (χ1n) is 8.13. The fourth-order valence-electron chi connectivity index (χ4n) is 2.32. The number of halogens is 6. The van der Waals surface area contributed by atoms with Crippen molar-refractivity contribution in [3.8, 4) is 17.5 Å². The van der Waals surface area contributed by atoms with Gasteiger partial charge in [-0.3, -0.25) is 4.79 Å². The molecule has 0 fully saturated rings. The molecule has 1 heterocycles. The van der Waals surface area contributed by atoms with Crippen LogP contribution in [0.5, 0.6) is 6.08 Å². The lowest BCUT2D eigenvalue weighted by Crippen LogP contribution is -2.21. The van der Waals surface area contributed by atoms with Crippen LogP contribution in [0, 0.1) is 0 Å². The summed E-state index contributed by atoms with van der Waals surface area (Å²) in [4.78, 5) is 11.9. The van der Waals surface area contributed by atoms with E-state index in [0.29, 0.717) is 17.7 Å². The highest BCUT2D eigenvalue weighted by atomic mass is 19.4. The molecular weight excluding hydrogens is 420 g/mol. The molecule has 3 aromatic rings. The molecule has 0 bridgehead atoms. The van der Waals surface area contributed by atoms with Crippen LogP contribution in [0.1, 0.15) is 11.1 Å². The number of carbonyl (C=O) groups excluding carboxylic acids is 1. The highest BCUT2D eigenvalue weighted by molar-refractivity contribution is 5.92. The summed E-state index contributed by atoms with van der Waals surface area (Å²) in [7, 11) is 0. The van der Waals surface area contributed by atoms with Crippen molar-refractivity contribution in [2.45, 2.75) is 12.4 Å². The first-order chi connectivity index (χ1) is 14.0. The molecule has 2 aromatic carbocycles. The summed E-state index contributed by atoms with van der Waals surface area (Å²) in [5.41, 5.74) is -3.23. The molecule has 3 rings (SSSR count). The molecule has 0 aliphatic carbocycles. The molecule has 0 saturated heterocycles. The molecule has 0 radical (unpaired) electrons. The Morgan fingerprint density at radius 2 is 1.53 bits per heavy atom. The topological polar surface area (TPSA) is 77.2 Å². The van der Waals surface area contributed by atoms with Gasteiger partial charge in [0.15, 0.2) is 6.61 Å². The zero-order valence-electron chi connectivity index (χ0n) is 14.7. The third kappa shape index (κ3) is 5.27. The van der Waals surface area contributed by atoms with E-state index in [-0.39, 0.29) is 12.0 Å². The van der Waals surface area contributed by atoms with Crippen molar-refractivity contribution in [1.82, 2.24) is 10.2 Å². The standard InChI is InChI=1S/C18H11F6N3O3/c19-17(20,21)11-6-12(18(22,23)24)8-13(7-11)25-14(28)9-29-16-27-26-15(30-16)10-4-2-1-3-5-10/h1-8H,9H2,(H,25,28). The third-order valence-electron chi connectivity index (χ3n) is 3.63. The number of amides is 1. The van der Waals surface area contributed by atoms with Gasteiger partial charge in [-0.15, -0.1) is 5.10 Å². The number of ether oxygens (including phenoxy) is 1. The summed E-state index contributed by atoms with van der Waals surface area (Å²) in [5, 5.41) is 9.17. The lowest BCUT2D eigenvalue weighted by atomic mass is 10.1. The minimum absolute atomic E-state index is 0.0459. The number of anilines is 1. The van der Waals surface area contributed by atoms with Crippen LogP contribution in [0.2, 0.25) is 0 Å². The minimum Gasteiger partial charge on any atom is -0.439 e. The van der Waals surface area contributed by atoms with Gasteiger partial charge in [-0.05, 0) is 30.3 Å². The van der Waals surface area contributed by atoms with Crippen LogP contribution in [-0.4, -0.2) is 22.7 Å². The molecule has 30 heavy (non-hydrogen) atoms. The van der Waals surface area contributed by atoms with Gasteiger partial charge < -0.3 is 14.5 Å². The number of nitrogens with one attached hydrogen (secondary N) is 1. The Morgan fingerprint density at radius 1 is 0.933 bits per heavy atom. The monoisotopic (exact) mass is 431 g/mol. The summed E-state index contributed by atoms with van der Waals surface area (Å²) < 4.78 is 87.2. The first kappa shape index (κ1) is 21.1. The third-order valence-corrected chi connectivity index (χ3v) is 3.63. The Labute approximate surface area is 164 Å². The smallest absolute Gasteiger partial charge is 0.416 e. The van der Waals surface area contributed by atoms with Crippen LogP contribution >= 0.6 is 0 Å². The second-order valence-electron chi connectivity index (χ2n) is 5.87. The predicted octanol–water partition coefficient (Wildman–Crippen LogP) is 4.79. The van der Waals surface area contributed by atoms with Gasteiger partial charge in [0.2, 0.25) is 0 Å². The highest BCUT2D eigenvalue weighted by Gasteiger charge is 2.37. The van der Waals surface area contributed by atoms with E-state index in [1.165, 1.54) is 0 Å². The van der Waals surface area contributed by atoms with E-state index in [0.717, 1.165) is 0 Å². The van der Waals surface area contributed by atoms with Gasteiger partial charge in [0.25, 0.3) is 11.8 Å². The lowest BCUT2D eigenvalue weighted by Gasteiger charge is -2.14. The van der Waals surface area contributed by atoms with Crippen LogP contribution in [-0.2, 0) is 17.1 Å². The quantitative estimate of drug-likeness (QED) is 0.588. The number of benzene rings is 2. The van der Waals surface area contributed by atoms with Gasteiger partial charge in [-0.1, -0.05) is 23.3 Å². The second-order valence-corrected chi connectivity index (χ2v) is 5.87. The number of hydrogen-bond acceptors (Lipinski definition) is 5. The number of carbonyl (C=O) groups is 1. The number of nitrogens with zero attached hydrogens (tertiary/aromatic N) is 2. The maximum atomic E-state index is 12.9. The van der Waals surface area contributed by atoms with E-state index in [4.69, 9.17) is 9.15 Å². The number of alkyl halides is 6. The minimum atomic E-state index is -5.03. The number of hydrogen-bond donors (Lipinski definition) is 1. The van der Waals surface area contributed by atoms with E-state index < -0.39 is 47.8 Å². The van der Waals surface area contributed by atoms with Crippen LogP contribution in [0.4, 0.5) is 32.0 Å². The van der Waals surface area contributed by atoms with E-state index >= 15 is 0 Å². The van der Waals surface area contributed by atoms with Crippen molar-refractivity contribution >= 4 is 11.6 Å². The van der Waals surface area contributed by atoms with E-state index in [2.05, 4.69) is 10.2 Å². The maximum absolute atomic E-state index is 12.9. The van der Waals surface area contributed by atoms with Gasteiger partial charge in [-0.2, -0.15) is 26.3 Å². The van der Waals surface area contributed by atoms with Crippen LogP contribution in [0.3, 0.4) is 0 Å². The van der Waals surface area contributed by atoms with Crippen molar-refractivity contribution in [1.29, 1.82) is 0 Å². The Balaban J connectivity index is 1.68. The Hall–Kier alpha value is -3.57. The van der Waals surface area contributed by atoms with Gasteiger partial charge in [0, 0.05) is 11.3 Å². The van der Waals surface area contributed by atoms with Gasteiger partial charge in [0.1, 0.15) is 0 Å². The molecule has 1 aromatic heterocycles. The van der Waals surface area contributed by atoms with Crippen molar-refractivity contribution < 1.29 is 40.3 Å². The van der Waals surface area contributed by atoms with E-state index in [1.807, 2.05) is 5.32 Å². The van der Waals surface area contributed by atoms with E-state index in [1.54, 1.807) is 30.3 Å². The SMILES string of the molecule is O=C(COc1nnc(-c2ccccc2)o1)Nc1cc(C(F)(F)F)cc(C(F)(F)F)c1. The molecule has 0 atom stereocenters. The van der Waals surface area contributed by atoms with Crippen LogP contribution in [0.15, 0.2) is 52.9 Å². The zero-order valence-corrected chi connectivity index (χ0v) is 14.7. The molecular formula is C18H11F6N3O3. The molecule has 158 valence electrons. The second kappa shape index (κ2) is 8.05. The number of aromatic nitrogens is 2. The van der Waals surface area contributed by atoms with Gasteiger partial charge >= 0.3 is 18.4 Å². The largest absolute Gasteiger partial charge is 0.439 e. The van der Waals surface area contributed by atoms with E-state index in [9.17, 15) is 31.1 Å². The molecule has 0 aliphatic heterocycles. The summed E-state index contributed by atoms with van der Waals surface area (Å²) in [6, 6.07) is 9.28. The summed E-state index contributed by atoms with van der Waals surface area (Å²) >= 11 is 0. The molecule has 1 N–H and O–H groups in total. The molecule has 0 aliphatic rings. The Bertz CT molecular complexity index is 999. The van der Waals surface area contributed by atoms with Crippen molar-refractivity contribution in [2.75, 3.05) is 11.9 Å². The van der Waals surface area contributed by atoms with Crippen LogP contribution in [0.25, 0.3) is 11.5 Å². The van der Waals surface area contributed by atoms with Crippen molar-refractivity contribution in [2.24, 2.45) is 0 Å². The summed E-state index contributed by atoms with van der Waals surface area (Å²) in [6.07, 6.45) is -10.5. The fraction of sp³-hybridized carbons (Fsp3) is 0.167. The fourth-order valence-corrected chi connectivity index (χ4v) is 2.32. The molecule has 1 amide bonds. The van der Waals surface area contributed by atoms with Gasteiger partial charge in [0.05, 0.1) is 11.1 Å². The molecule has 0 unspecified atom stereocenters. The molecule has 0 spiro atoms. The normalized spacial score (nSPS) is 11.9. The molecule has 12 heteroatoms. The highest BCUT2D eigenvalue weighted by Crippen LogP contribution is 2.37. The lowest BCUT2D eigenvalue weighted by molar-refractivity contribution is -0.143. The van der Waals surface area contributed by atoms with Crippen LogP contribution < -0.4 is 10.1 Å². The first-order valence-corrected chi connectivity index (χ1v) is 8.13. The van der Waals surface area contributed by atoms with Gasteiger partial charge in [-0.25, -0.2) is 0 Å². The predicted molar refractivity (Wildman–Crippen MR) is 90.3 cm³/mol. The Morgan fingerprint density at radius 3 is 2.10 bits per heavy atom. The Kier molecular flexibility index (Phi) is 5.67. The molecule has 6 nitrogen and oxygen atoms in total. The zero-order chi connectivity index (χ0) is 21.9. The average Bonchev–Trinajstić information content (AvgIpc) is 3.14. The summed E-state index contributed by atoms with van der Waals surface area (Å²) in [5.74, 6) is -0.930. The number of rotatable bonds is 5. The average molecular weight is 431 g/mol. The maximum Gasteiger partial charge on any atom is 0.416 e.